The number of carbonyl (C=O) groups is 2. The van der Waals surface area contributed by atoms with Crippen molar-refractivity contribution in [2.75, 3.05) is 19.4 Å². The highest BCUT2D eigenvalue weighted by molar-refractivity contribution is 7.10. The fourth-order valence-electron chi connectivity index (χ4n) is 2.85. The minimum Gasteiger partial charge on any atom is -0.322 e. The van der Waals surface area contributed by atoms with E-state index in [1.807, 2.05) is 54.8 Å². The average Bonchev–Trinajstić information content (AvgIpc) is 3.11. The molecule has 0 spiro atoms. The smallest absolute Gasteiger partial charge is 0.322 e. The summed E-state index contributed by atoms with van der Waals surface area (Å²) in [4.78, 5) is 29.5. The highest BCUT2D eigenvalue weighted by Crippen LogP contribution is 2.37. The van der Waals surface area contributed by atoms with Crippen LogP contribution in [-0.4, -0.2) is 35.8 Å². The minimum atomic E-state index is -0.377. The molecule has 0 radical (unpaired) electrons. The fraction of sp³-hybridized carbons (Fsp3) is 0.222. The van der Waals surface area contributed by atoms with E-state index >= 15 is 0 Å². The van der Waals surface area contributed by atoms with Gasteiger partial charge >= 0.3 is 6.03 Å². The van der Waals surface area contributed by atoms with Crippen LogP contribution in [0.2, 0.25) is 0 Å². The fourth-order valence-corrected chi connectivity index (χ4v) is 3.73. The topological polar surface area (TPSA) is 52.7 Å². The number of hydrogen-bond acceptors (Lipinski definition) is 3. The van der Waals surface area contributed by atoms with Crippen LogP contribution in [0.25, 0.3) is 0 Å². The first-order chi connectivity index (χ1) is 11.5. The number of carbonyl (C=O) groups excluding carboxylic acids is 2. The van der Waals surface area contributed by atoms with Gasteiger partial charge in [-0.25, -0.2) is 4.79 Å². The van der Waals surface area contributed by atoms with Gasteiger partial charge in [-0.1, -0.05) is 24.3 Å². The van der Waals surface area contributed by atoms with Crippen LogP contribution in [0.15, 0.2) is 59.1 Å². The van der Waals surface area contributed by atoms with Crippen molar-refractivity contribution < 1.29 is 9.59 Å². The lowest BCUT2D eigenvalue weighted by Crippen LogP contribution is -2.47. The van der Waals surface area contributed by atoms with Crippen LogP contribution < -0.4 is 5.32 Å². The Balaban J connectivity index is 2.03. The number of thiophene rings is 1. The number of likely N-dealkylation sites (N-methyl/N-ethyl adjacent to an activating group) is 1. The van der Waals surface area contributed by atoms with Crippen LogP contribution in [0.1, 0.15) is 17.8 Å². The van der Waals surface area contributed by atoms with Gasteiger partial charge in [0.2, 0.25) is 0 Å². The Morgan fingerprint density at radius 2 is 1.83 bits per heavy atom. The van der Waals surface area contributed by atoms with E-state index in [1.54, 1.807) is 19.0 Å². The van der Waals surface area contributed by atoms with Gasteiger partial charge in [0.25, 0.3) is 5.91 Å². The van der Waals surface area contributed by atoms with Gasteiger partial charge in [0.1, 0.15) is 6.04 Å². The van der Waals surface area contributed by atoms with Crippen LogP contribution in [-0.2, 0) is 4.79 Å². The number of urea groups is 1. The molecule has 6 heteroatoms. The monoisotopic (exact) mass is 341 g/mol. The molecule has 5 nitrogen and oxygen atoms in total. The van der Waals surface area contributed by atoms with Crippen molar-refractivity contribution >= 4 is 29.0 Å². The van der Waals surface area contributed by atoms with Crippen molar-refractivity contribution in [2.45, 2.75) is 13.0 Å². The molecule has 0 aliphatic carbocycles. The number of anilines is 1. The van der Waals surface area contributed by atoms with E-state index in [4.69, 9.17) is 0 Å². The number of para-hydroxylation sites is 1. The molecule has 1 unspecified atom stereocenters. The summed E-state index contributed by atoms with van der Waals surface area (Å²) >= 11 is 1.54. The predicted octanol–water partition coefficient (Wildman–Crippen LogP) is 3.70. The van der Waals surface area contributed by atoms with Crippen LogP contribution in [0, 0.1) is 0 Å². The lowest BCUT2D eigenvalue weighted by Gasteiger charge is -2.39. The summed E-state index contributed by atoms with van der Waals surface area (Å²) in [5.41, 5.74) is 1.99. The van der Waals surface area contributed by atoms with Gasteiger partial charge in [-0.3, -0.25) is 4.79 Å². The van der Waals surface area contributed by atoms with Gasteiger partial charge in [-0.05, 0) is 30.5 Å². The summed E-state index contributed by atoms with van der Waals surface area (Å²) in [6, 6.07) is 12.7. The number of rotatable bonds is 3. The molecule has 0 saturated carbocycles. The molecular weight excluding hydrogens is 322 g/mol. The van der Waals surface area contributed by atoms with E-state index < -0.39 is 0 Å². The standard InChI is InChI=1S/C18H19N3O2S/c1-12-15(17(22)19-13-8-5-4-6-9-13)16(14-10-7-11-24-14)21(3)18(23)20(12)2/h4-11,16H,1-3H3,(H,19,22). The zero-order valence-electron chi connectivity index (χ0n) is 13.8. The zero-order chi connectivity index (χ0) is 17.3. The summed E-state index contributed by atoms with van der Waals surface area (Å²) in [5, 5.41) is 4.89. The Morgan fingerprint density at radius 1 is 1.12 bits per heavy atom. The normalized spacial score (nSPS) is 18.1. The largest absolute Gasteiger partial charge is 0.324 e. The van der Waals surface area contributed by atoms with Crippen molar-refractivity contribution in [1.29, 1.82) is 0 Å². The van der Waals surface area contributed by atoms with Crippen LogP contribution in [0.4, 0.5) is 10.5 Å². The first-order valence-corrected chi connectivity index (χ1v) is 8.49. The van der Waals surface area contributed by atoms with E-state index in [2.05, 4.69) is 5.32 Å². The maximum absolute atomic E-state index is 13.0. The van der Waals surface area contributed by atoms with Crippen LogP contribution in [0.3, 0.4) is 0 Å². The summed E-state index contributed by atoms with van der Waals surface area (Å²) in [7, 11) is 3.42. The third-order valence-electron chi connectivity index (χ3n) is 4.23. The van der Waals surface area contributed by atoms with Crippen LogP contribution >= 0.6 is 11.3 Å². The second kappa shape index (κ2) is 6.49. The second-order valence-corrected chi connectivity index (χ2v) is 6.67. The first-order valence-electron chi connectivity index (χ1n) is 7.61. The minimum absolute atomic E-state index is 0.123. The molecule has 1 aromatic carbocycles. The third-order valence-corrected chi connectivity index (χ3v) is 5.16. The van der Waals surface area contributed by atoms with Crippen molar-refractivity contribution in [3.8, 4) is 0 Å². The first kappa shape index (κ1) is 16.3. The van der Waals surface area contributed by atoms with Crippen molar-refractivity contribution in [1.82, 2.24) is 9.80 Å². The van der Waals surface area contributed by atoms with Gasteiger partial charge in [-0.2, -0.15) is 0 Å². The van der Waals surface area contributed by atoms with Gasteiger partial charge in [0.05, 0.1) is 5.57 Å². The Morgan fingerprint density at radius 3 is 2.46 bits per heavy atom. The number of hydrogen-bond donors (Lipinski definition) is 1. The summed E-state index contributed by atoms with van der Waals surface area (Å²) in [6.45, 7) is 1.81. The molecule has 3 amide bonds. The highest BCUT2D eigenvalue weighted by atomic mass is 32.1. The van der Waals surface area contributed by atoms with Crippen molar-refractivity contribution in [3.05, 3.63) is 64.0 Å². The molecule has 24 heavy (non-hydrogen) atoms. The van der Waals surface area contributed by atoms with Gasteiger partial charge < -0.3 is 15.1 Å². The SMILES string of the molecule is CC1=C(C(=O)Nc2ccccc2)C(c2cccs2)N(C)C(=O)N1C. The van der Waals surface area contributed by atoms with Crippen molar-refractivity contribution in [2.24, 2.45) is 0 Å². The number of benzene rings is 1. The average molecular weight is 341 g/mol. The van der Waals surface area contributed by atoms with Crippen molar-refractivity contribution in [3.63, 3.8) is 0 Å². The maximum atomic E-state index is 13.0. The van der Waals surface area contributed by atoms with Gasteiger partial charge in [-0.15, -0.1) is 11.3 Å². The summed E-state index contributed by atoms with van der Waals surface area (Å²) < 4.78 is 0. The molecule has 1 aliphatic rings. The molecule has 1 aliphatic heterocycles. The van der Waals surface area contributed by atoms with Gasteiger partial charge in [0, 0.05) is 30.4 Å². The number of nitrogens with zero attached hydrogens (tertiary/aromatic N) is 2. The number of nitrogens with one attached hydrogen (secondary N) is 1. The van der Waals surface area contributed by atoms with E-state index in [0.717, 1.165) is 10.6 Å². The molecule has 124 valence electrons. The van der Waals surface area contributed by atoms with Crippen LogP contribution in [0.5, 0.6) is 0 Å². The lowest BCUT2D eigenvalue weighted by molar-refractivity contribution is -0.113. The molecule has 1 atom stereocenters. The Labute approximate surface area is 145 Å². The Bertz CT molecular complexity index is 784. The molecular formula is C18H19N3O2S. The number of amides is 3. The van der Waals surface area contributed by atoms with E-state index in [1.165, 1.54) is 16.2 Å². The van der Waals surface area contributed by atoms with Gasteiger partial charge in [0.15, 0.2) is 0 Å². The second-order valence-electron chi connectivity index (χ2n) is 5.69. The number of allylic oxidation sites excluding steroid dienone is 1. The highest BCUT2D eigenvalue weighted by Gasteiger charge is 2.38. The molecule has 1 aromatic heterocycles. The quantitative estimate of drug-likeness (QED) is 0.925. The van der Waals surface area contributed by atoms with E-state index in [0.29, 0.717) is 11.3 Å². The Kier molecular flexibility index (Phi) is 4.40. The zero-order valence-corrected chi connectivity index (χ0v) is 14.6. The predicted molar refractivity (Wildman–Crippen MR) is 95.8 cm³/mol. The Hall–Kier alpha value is -2.60. The summed E-state index contributed by atoms with van der Waals surface area (Å²) in [5.74, 6) is -0.191. The molecule has 0 fully saturated rings. The molecule has 0 bridgehead atoms. The maximum Gasteiger partial charge on any atom is 0.324 e. The molecule has 2 aromatic rings. The summed E-state index contributed by atoms with van der Waals surface area (Å²) in [6.07, 6.45) is 0. The third kappa shape index (κ3) is 2.80. The molecule has 0 saturated heterocycles. The molecule has 1 N–H and O–H groups in total. The molecule has 2 heterocycles. The molecule has 3 rings (SSSR count). The van der Waals surface area contributed by atoms with E-state index in [9.17, 15) is 9.59 Å². The lowest BCUT2D eigenvalue weighted by atomic mass is 9.98. The van der Waals surface area contributed by atoms with E-state index in [-0.39, 0.29) is 18.0 Å².